The molecule has 2 N–H and O–H groups in total. The quantitative estimate of drug-likeness (QED) is 0.718. The molecule has 0 aliphatic carbocycles. The van der Waals surface area contributed by atoms with Crippen LogP contribution >= 0.6 is 0 Å². The van der Waals surface area contributed by atoms with Crippen LogP contribution in [0.25, 0.3) is 11.0 Å². The van der Waals surface area contributed by atoms with Crippen molar-refractivity contribution in [3.63, 3.8) is 0 Å². The van der Waals surface area contributed by atoms with Crippen molar-refractivity contribution >= 4 is 28.5 Å². The van der Waals surface area contributed by atoms with Gasteiger partial charge >= 0.3 is 0 Å². The summed E-state index contributed by atoms with van der Waals surface area (Å²) in [7, 11) is 0. The molecular formula is C20H22N4O2. The van der Waals surface area contributed by atoms with Gasteiger partial charge in [0, 0.05) is 11.6 Å². The van der Waals surface area contributed by atoms with Crippen LogP contribution in [0.15, 0.2) is 54.6 Å². The summed E-state index contributed by atoms with van der Waals surface area (Å²) >= 11 is 0. The van der Waals surface area contributed by atoms with Crippen LogP contribution in [0.1, 0.15) is 19.7 Å². The second kappa shape index (κ2) is 7.82. The molecule has 3 aromatic rings. The molecule has 6 nitrogen and oxygen atoms in total. The van der Waals surface area contributed by atoms with Crippen molar-refractivity contribution in [3.8, 4) is 0 Å². The fraction of sp³-hybridized carbons (Fsp3) is 0.250. The predicted octanol–water partition coefficient (Wildman–Crippen LogP) is 2.95. The van der Waals surface area contributed by atoms with Crippen LogP contribution in [0, 0.1) is 5.92 Å². The third kappa shape index (κ3) is 4.08. The number of aromatic nitrogens is 2. The van der Waals surface area contributed by atoms with E-state index in [1.807, 2.05) is 73.0 Å². The summed E-state index contributed by atoms with van der Waals surface area (Å²) in [6, 6.07) is 17.0. The topological polar surface area (TPSA) is 76.0 Å². The van der Waals surface area contributed by atoms with Gasteiger partial charge in [-0.05, 0) is 24.3 Å². The van der Waals surface area contributed by atoms with E-state index in [9.17, 15) is 9.59 Å². The zero-order chi connectivity index (χ0) is 18.5. The summed E-state index contributed by atoms with van der Waals surface area (Å²) in [5, 5.41) is 5.75. The number of nitrogens with zero attached hydrogens (tertiary/aromatic N) is 2. The third-order valence-corrected chi connectivity index (χ3v) is 4.04. The van der Waals surface area contributed by atoms with Gasteiger partial charge in [-0.25, -0.2) is 4.98 Å². The monoisotopic (exact) mass is 350 g/mol. The van der Waals surface area contributed by atoms with Crippen LogP contribution in [0.3, 0.4) is 0 Å². The van der Waals surface area contributed by atoms with Gasteiger partial charge in [0.2, 0.25) is 11.8 Å². The van der Waals surface area contributed by atoms with Gasteiger partial charge in [0.1, 0.15) is 12.4 Å². The lowest BCUT2D eigenvalue weighted by molar-refractivity contribution is -0.124. The summed E-state index contributed by atoms with van der Waals surface area (Å²) < 4.78 is 1.84. The highest BCUT2D eigenvalue weighted by Gasteiger charge is 2.15. The summed E-state index contributed by atoms with van der Waals surface area (Å²) in [4.78, 5) is 28.9. The van der Waals surface area contributed by atoms with Crippen molar-refractivity contribution in [2.24, 2.45) is 5.92 Å². The van der Waals surface area contributed by atoms with E-state index in [4.69, 9.17) is 0 Å². The van der Waals surface area contributed by atoms with Crippen molar-refractivity contribution in [2.45, 2.75) is 26.9 Å². The summed E-state index contributed by atoms with van der Waals surface area (Å²) in [6.07, 6.45) is 0. The van der Waals surface area contributed by atoms with Gasteiger partial charge in [-0.3, -0.25) is 9.59 Å². The second-order valence-electron chi connectivity index (χ2n) is 6.39. The second-order valence-corrected chi connectivity index (χ2v) is 6.39. The molecule has 0 aliphatic rings. The molecule has 0 radical (unpaired) electrons. The lowest BCUT2D eigenvalue weighted by atomic mass is 10.2. The molecule has 2 aromatic carbocycles. The Morgan fingerprint density at radius 3 is 2.46 bits per heavy atom. The van der Waals surface area contributed by atoms with Crippen LogP contribution in [0.2, 0.25) is 0 Å². The van der Waals surface area contributed by atoms with E-state index in [-0.39, 0.29) is 30.8 Å². The van der Waals surface area contributed by atoms with Gasteiger partial charge < -0.3 is 15.2 Å². The molecule has 0 saturated carbocycles. The zero-order valence-corrected chi connectivity index (χ0v) is 14.9. The van der Waals surface area contributed by atoms with Gasteiger partial charge in [0.25, 0.3) is 0 Å². The van der Waals surface area contributed by atoms with E-state index in [2.05, 4.69) is 15.6 Å². The zero-order valence-electron chi connectivity index (χ0n) is 14.9. The first kappa shape index (κ1) is 17.7. The van der Waals surface area contributed by atoms with E-state index in [1.165, 1.54) is 0 Å². The van der Waals surface area contributed by atoms with Crippen molar-refractivity contribution in [3.05, 3.63) is 60.4 Å². The molecule has 0 spiro atoms. The molecule has 134 valence electrons. The number of hydrogen-bond donors (Lipinski definition) is 2. The number of para-hydroxylation sites is 3. The maximum Gasteiger partial charge on any atom is 0.244 e. The van der Waals surface area contributed by atoms with Gasteiger partial charge in [-0.1, -0.05) is 44.2 Å². The molecule has 26 heavy (non-hydrogen) atoms. The third-order valence-electron chi connectivity index (χ3n) is 4.04. The first-order chi connectivity index (χ1) is 12.5. The number of carbonyl (C=O) groups is 2. The molecular weight excluding hydrogens is 328 g/mol. The Labute approximate surface area is 152 Å². The minimum Gasteiger partial charge on any atom is -0.349 e. The molecule has 1 aromatic heterocycles. The largest absolute Gasteiger partial charge is 0.349 e. The number of benzene rings is 2. The molecule has 0 bridgehead atoms. The van der Waals surface area contributed by atoms with Gasteiger partial charge in [0.05, 0.1) is 17.6 Å². The number of fused-ring (bicyclic) bond motifs is 1. The average molecular weight is 350 g/mol. The summed E-state index contributed by atoms with van der Waals surface area (Å²) in [5.41, 5.74) is 2.41. The fourth-order valence-corrected chi connectivity index (χ4v) is 2.67. The predicted molar refractivity (Wildman–Crippen MR) is 101 cm³/mol. The van der Waals surface area contributed by atoms with Crippen LogP contribution in [-0.4, -0.2) is 21.4 Å². The van der Waals surface area contributed by atoms with Crippen LogP contribution < -0.4 is 10.6 Å². The van der Waals surface area contributed by atoms with E-state index in [0.717, 1.165) is 16.7 Å². The number of rotatable bonds is 6. The molecule has 0 unspecified atom stereocenters. The first-order valence-corrected chi connectivity index (χ1v) is 8.61. The number of amides is 2. The molecule has 6 heteroatoms. The molecule has 2 amide bonds. The Hall–Kier alpha value is -3.15. The highest BCUT2D eigenvalue weighted by Crippen LogP contribution is 2.16. The Morgan fingerprint density at radius 2 is 1.73 bits per heavy atom. The average Bonchev–Trinajstić information content (AvgIpc) is 2.98. The van der Waals surface area contributed by atoms with Gasteiger partial charge in [0.15, 0.2) is 0 Å². The van der Waals surface area contributed by atoms with Crippen molar-refractivity contribution in [1.29, 1.82) is 0 Å². The van der Waals surface area contributed by atoms with Crippen molar-refractivity contribution < 1.29 is 9.59 Å². The van der Waals surface area contributed by atoms with Gasteiger partial charge in [-0.15, -0.1) is 0 Å². The number of hydrogen-bond acceptors (Lipinski definition) is 3. The smallest absolute Gasteiger partial charge is 0.244 e. The molecule has 0 atom stereocenters. The molecule has 0 saturated heterocycles. The van der Waals surface area contributed by atoms with Crippen LogP contribution in [0.4, 0.5) is 5.69 Å². The van der Waals surface area contributed by atoms with Crippen molar-refractivity contribution in [2.75, 3.05) is 5.32 Å². The van der Waals surface area contributed by atoms with E-state index in [1.54, 1.807) is 0 Å². The molecule has 0 fully saturated rings. The number of carbonyl (C=O) groups excluding carboxylic acids is 2. The fourth-order valence-electron chi connectivity index (χ4n) is 2.67. The normalized spacial score (nSPS) is 10.9. The Bertz CT molecular complexity index is 916. The molecule has 1 heterocycles. The van der Waals surface area contributed by atoms with Crippen molar-refractivity contribution in [1.82, 2.24) is 14.9 Å². The molecule has 0 aliphatic heterocycles. The Morgan fingerprint density at radius 1 is 1.04 bits per heavy atom. The number of anilines is 1. The van der Waals surface area contributed by atoms with E-state index < -0.39 is 0 Å². The minimum absolute atomic E-state index is 0.0441. The minimum atomic E-state index is -0.143. The lowest BCUT2D eigenvalue weighted by Crippen LogP contribution is -2.29. The first-order valence-electron chi connectivity index (χ1n) is 8.61. The summed E-state index contributed by atoms with van der Waals surface area (Å²) in [5.74, 6) is 0.366. The Balaban J connectivity index is 1.82. The standard InChI is InChI=1S/C20H22N4O2/c1-14(2)20(26)21-12-18-23-16-10-6-7-11-17(16)24(18)13-19(25)22-15-8-4-3-5-9-15/h3-11,14H,12-13H2,1-2H3,(H,21,26)(H,22,25). The summed E-state index contributed by atoms with van der Waals surface area (Å²) in [6.45, 7) is 4.09. The maximum atomic E-state index is 12.5. The Kier molecular flexibility index (Phi) is 5.31. The van der Waals surface area contributed by atoms with Gasteiger partial charge in [-0.2, -0.15) is 0 Å². The highest BCUT2D eigenvalue weighted by atomic mass is 16.2. The maximum absolute atomic E-state index is 12.5. The van der Waals surface area contributed by atoms with Crippen LogP contribution in [0.5, 0.6) is 0 Å². The lowest BCUT2D eigenvalue weighted by Gasteiger charge is -2.11. The SMILES string of the molecule is CC(C)C(=O)NCc1nc2ccccc2n1CC(=O)Nc1ccccc1. The van der Waals surface area contributed by atoms with Crippen LogP contribution in [-0.2, 0) is 22.7 Å². The van der Waals surface area contributed by atoms with E-state index >= 15 is 0 Å². The van der Waals surface area contributed by atoms with E-state index in [0.29, 0.717) is 5.82 Å². The molecule has 3 rings (SSSR count). The number of nitrogens with one attached hydrogen (secondary N) is 2. The highest BCUT2D eigenvalue weighted by molar-refractivity contribution is 5.91. The number of imidazole rings is 1.